The van der Waals surface area contributed by atoms with Gasteiger partial charge in [-0.15, -0.1) is 16.4 Å². The Morgan fingerprint density at radius 2 is 1.97 bits per heavy atom. The predicted molar refractivity (Wildman–Crippen MR) is 115 cm³/mol. The van der Waals surface area contributed by atoms with E-state index in [0.717, 1.165) is 10.4 Å². The van der Waals surface area contributed by atoms with E-state index in [0.29, 0.717) is 28.7 Å². The second kappa shape index (κ2) is 7.53. The molecule has 0 bridgehead atoms. The van der Waals surface area contributed by atoms with Gasteiger partial charge in [-0.1, -0.05) is 12.1 Å². The molecule has 2 N–H and O–H groups in total. The van der Waals surface area contributed by atoms with Gasteiger partial charge in [0.2, 0.25) is 5.95 Å². The zero-order valence-electron chi connectivity index (χ0n) is 16.0. The maximum Gasteiger partial charge on any atom is 0.255 e. The van der Waals surface area contributed by atoms with Gasteiger partial charge in [-0.25, -0.2) is 4.68 Å². The maximum atomic E-state index is 13.3. The molecule has 5 rings (SSSR count). The van der Waals surface area contributed by atoms with E-state index in [9.17, 15) is 4.79 Å². The van der Waals surface area contributed by atoms with Gasteiger partial charge in [0.15, 0.2) is 5.82 Å². The molecule has 1 atom stereocenters. The number of nitrogens with one attached hydrogen (secondary N) is 2. The van der Waals surface area contributed by atoms with E-state index < -0.39 is 6.04 Å². The molecule has 0 aromatic carbocycles. The van der Waals surface area contributed by atoms with Crippen molar-refractivity contribution >= 4 is 28.9 Å². The molecule has 8 nitrogen and oxygen atoms in total. The van der Waals surface area contributed by atoms with Crippen molar-refractivity contribution in [3.05, 3.63) is 83.4 Å². The molecule has 0 fully saturated rings. The fourth-order valence-corrected chi connectivity index (χ4v) is 4.09. The average Bonchev–Trinajstić information content (AvgIpc) is 3.44. The van der Waals surface area contributed by atoms with Gasteiger partial charge in [-0.05, 0) is 42.1 Å². The van der Waals surface area contributed by atoms with Gasteiger partial charge in [0.05, 0.1) is 22.3 Å². The summed E-state index contributed by atoms with van der Waals surface area (Å²) < 4.78 is 1.75. The Hall–Kier alpha value is -3.85. The average molecular weight is 415 g/mol. The van der Waals surface area contributed by atoms with Crippen LogP contribution in [0.4, 0.5) is 11.6 Å². The van der Waals surface area contributed by atoms with Crippen molar-refractivity contribution < 1.29 is 4.79 Å². The summed E-state index contributed by atoms with van der Waals surface area (Å²) in [4.78, 5) is 27.2. The third-order valence-electron chi connectivity index (χ3n) is 4.76. The van der Waals surface area contributed by atoms with Gasteiger partial charge in [0.25, 0.3) is 5.91 Å². The van der Waals surface area contributed by atoms with Gasteiger partial charge < -0.3 is 10.6 Å². The number of pyridine rings is 2. The summed E-state index contributed by atoms with van der Waals surface area (Å²) in [7, 11) is 0. The first kappa shape index (κ1) is 18.2. The van der Waals surface area contributed by atoms with E-state index >= 15 is 0 Å². The molecule has 0 saturated carbocycles. The molecule has 9 heteroatoms. The zero-order chi connectivity index (χ0) is 20.5. The largest absolute Gasteiger partial charge is 0.328 e. The van der Waals surface area contributed by atoms with Crippen LogP contribution in [0.3, 0.4) is 0 Å². The lowest BCUT2D eigenvalue weighted by atomic mass is 9.96. The summed E-state index contributed by atoms with van der Waals surface area (Å²) in [6.07, 6.45) is 6.72. The second-order valence-corrected chi connectivity index (χ2v) is 7.68. The van der Waals surface area contributed by atoms with Crippen molar-refractivity contribution in [2.45, 2.75) is 13.0 Å². The van der Waals surface area contributed by atoms with Crippen LogP contribution in [-0.4, -0.2) is 30.6 Å². The number of rotatable bonds is 4. The first-order chi connectivity index (χ1) is 14.7. The first-order valence-corrected chi connectivity index (χ1v) is 10.2. The Morgan fingerprint density at radius 3 is 2.67 bits per heavy atom. The van der Waals surface area contributed by atoms with Crippen LogP contribution >= 0.6 is 11.3 Å². The van der Waals surface area contributed by atoms with E-state index in [1.807, 2.05) is 36.6 Å². The minimum atomic E-state index is -0.465. The highest BCUT2D eigenvalue weighted by molar-refractivity contribution is 7.13. The van der Waals surface area contributed by atoms with Crippen molar-refractivity contribution in [2.24, 2.45) is 0 Å². The minimum Gasteiger partial charge on any atom is -0.328 e. The third kappa shape index (κ3) is 3.25. The van der Waals surface area contributed by atoms with E-state index in [2.05, 4.69) is 25.6 Å². The molecular weight excluding hydrogens is 398 g/mol. The number of nitrogens with zero attached hydrogens (tertiary/aromatic N) is 5. The second-order valence-electron chi connectivity index (χ2n) is 6.73. The van der Waals surface area contributed by atoms with Crippen LogP contribution in [0, 0.1) is 0 Å². The first-order valence-electron chi connectivity index (χ1n) is 9.30. The number of thiophene rings is 1. The number of anilines is 2. The lowest BCUT2D eigenvalue weighted by Gasteiger charge is -2.28. The van der Waals surface area contributed by atoms with Gasteiger partial charge >= 0.3 is 0 Å². The Labute approximate surface area is 176 Å². The van der Waals surface area contributed by atoms with Crippen LogP contribution in [0.5, 0.6) is 0 Å². The summed E-state index contributed by atoms with van der Waals surface area (Å²) in [6, 6.07) is 10.8. The molecule has 0 saturated heterocycles. The molecule has 0 unspecified atom stereocenters. The normalized spacial score (nSPS) is 15.4. The van der Waals surface area contributed by atoms with E-state index in [-0.39, 0.29) is 5.91 Å². The molecular formula is C21H17N7OS. The van der Waals surface area contributed by atoms with E-state index in [1.54, 1.807) is 52.9 Å². The standard InChI is InChI=1S/C21H17N7OS/c1-13-17(20(29)25-15-6-3-9-23-12-15)18(14-5-2-8-22-11-14)28-21(24-13)26-19(27-28)16-7-4-10-30-16/h2-12,18H,1H3,(H,25,29)(H,24,26,27)/t18-/m1/s1. The number of aromatic nitrogens is 5. The van der Waals surface area contributed by atoms with Crippen molar-refractivity contribution in [1.82, 2.24) is 24.7 Å². The smallest absolute Gasteiger partial charge is 0.255 e. The van der Waals surface area contributed by atoms with Gasteiger partial charge in [0, 0.05) is 24.3 Å². The summed E-state index contributed by atoms with van der Waals surface area (Å²) in [5.41, 5.74) is 2.72. The predicted octanol–water partition coefficient (Wildman–Crippen LogP) is 3.72. The Bertz CT molecular complexity index is 1220. The van der Waals surface area contributed by atoms with Gasteiger partial charge in [0.1, 0.15) is 6.04 Å². The van der Waals surface area contributed by atoms with Crippen LogP contribution in [0.2, 0.25) is 0 Å². The number of hydrogen-bond acceptors (Lipinski definition) is 7. The monoisotopic (exact) mass is 415 g/mol. The molecule has 0 spiro atoms. The van der Waals surface area contributed by atoms with Crippen LogP contribution in [-0.2, 0) is 4.79 Å². The Kier molecular flexibility index (Phi) is 4.56. The summed E-state index contributed by atoms with van der Waals surface area (Å²) in [5, 5.41) is 12.9. The van der Waals surface area contributed by atoms with Gasteiger partial charge in [-0.3, -0.25) is 14.8 Å². The van der Waals surface area contributed by atoms with Crippen LogP contribution in [0.1, 0.15) is 18.5 Å². The molecule has 148 valence electrons. The van der Waals surface area contributed by atoms with E-state index in [4.69, 9.17) is 5.10 Å². The number of carbonyl (C=O) groups is 1. The molecule has 4 aromatic rings. The zero-order valence-corrected chi connectivity index (χ0v) is 16.8. The van der Waals surface area contributed by atoms with Crippen molar-refractivity contribution in [3.63, 3.8) is 0 Å². The number of amides is 1. The van der Waals surface area contributed by atoms with Crippen molar-refractivity contribution in [3.8, 4) is 10.7 Å². The van der Waals surface area contributed by atoms with Gasteiger partial charge in [-0.2, -0.15) is 4.98 Å². The molecule has 0 radical (unpaired) electrons. The number of carbonyl (C=O) groups excluding carboxylic acids is 1. The fourth-order valence-electron chi connectivity index (χ4n) is 3.44. The molecule has 5 heterocycles. The highest BCUT2D eigenvalue weighted by atomic mass is 32.1. The minimum absolute atomic E-state index is 0.235. The van der Waals surface area contributed by atoms with Crippen LogP contribution in [0.25, 0.3) is 10.7 Å². The quantitative estimate of drug-likeness (QED) is 0.527. The van der Waals surface area contributed by atoms with Crippen molar-refractivity contribution in [1.29, 1.82) is 0 Å². The highest BCUT2D eigenvalue weighted by Crippen LogP contribution is 2.37. The van der Waals surface area contributed by atoms with Crippen molar-refractivity contribution in [2.75, 3.05) is 10.6 Å². The number of hydrogen-bond donors (Lipinski definition) is 2. The third-order valence-corrected chi connectivity index (χ3v) is 5.62. The lowest BCUT2D eigenvalue weighted by molar-refractivity contribution is -0.113. The SMILES string of the molecule is CC1=C(C(=O)Nc2cccnc2)[C@@H](c2cccnc2)n2nc(-c3cccs3)nc2N1. The topological polar surface area (TPSA) is 97.6 Å². The molecule has 1 aliphatic rings. The molecule has 30 heavy (non-hydrogen) atoms. The lowest BCUT2D eigenvalue weighted by Crippen LogP contribution is -2.31. The fraction of sp³-hybridized carbons (Fsp3) is 0.0952. The van der Waals surface area contributed by atoms with Crippen LogP contribution in [0.15, 0.2) is 77.8 Å². The highest BCUT2D eigenvalue weighted by Gasteiger charge is 2.34. The summed E-state index contributed by atoms with van der Waals surface area (Å²) in [6.45, 7) is 1.87. The summed E-state index contributed by atoms with van der Waals surface area (Å²) >= 11 is 1.57. The Balaban J connectivity index is 1.60. The molecule has 4 aromatic heterocycles. The number of fused-ring (bicyclic) bond motifs is 1. The maximum absolute atomic E-state index is 13.3. The molecule has 1 amide bonds. The van der Waals surface area contributed by atoms with Crippen LogP contribution < -0.4 is 10.6 Å². The van der Waals surface area contributed by atoms with E-state index in [1.165, 1.54) is 0 Å². The summed E-state index contributed by atoms with van der Waals surface area (Å²) in [5.74, 6) is 0.964. The molecule has 0 aliphatic carbocycles. The molecule has 1 aliphatic heterocycles. The Morgan fingerprint density at radius 1 is 1.13 bits per heavy atom. The number of allylic oxidation sites excluding steroid dienone is 1.